The van der Waals surface area contributed by atoms with E-state index in [1.807, 2.05) is 4.90 Å². The summed E-state index contributed by atoms with van der Waals surface area (Å²) in [4.78, 5) is 20.8. The predicted molar refractivity (Wildman–Crippen MR) is 72.1 cm³/mol. The monoisotopic (exact) mass is 313 g/mol. The molecule has 1 amide bonds. The van der Waals surface area contributed by atoms with Crippen LogP contribution in [0.2, 0.25) is 0 Å². The van der Waals surface area contributed by atoms with Gasteiger partial charge in [0.05, 0.1) is 0 Å². The Morgan fingerprint density at radius 1 is 1.32 bits per heavy atom. The van der Waals surface area contributed by atoms with E-state index in [0.29, 0.717) is 31.7 Å². The number of hydrogen-bond donors (Lipinski definition) is 1. The zero-order chi connectivity index (χ0) is 15.9. The van der Waals surface area contributed by atoms with Crippen molar-refractivity contribution in [1.29, 1.82) is 0 Å². The van der Waals surface area contributed by atoms with Crippen molar-refractivity contribution in [2.45, 2.75) is 19.0 Å². The first-order chi connectivity index (χ1) is 10.4. The summed E-state index contributed by atoms with van der Waals surface area (Å²) in [6, 6.07) is 0. The van der Waals surface area contributed by atoms with E-state index < -0.39 is 11.9 Å². The maximum absolute atomic E-state index is 12.8. The standard InChI is InChI=1S/C13H14F3N5O/c14-13(15,16)9-7-21-6-3-18-11(12(21)19-9)20-4-1-8(2-5-20)10(17)22/h3,6-8H,1-2,4-5H2,(H2,17,22). The number of halogens is 3. The molecule has 1 fully saturated rings. The van der Waals surface area contributed by atoms with Gasteiger partial charge in [-0.1, -0.05) is 0 Å². The summed E-state index contributed by atoms with van der Waals surface area (Å²) in [7, 11) is 0. The van der Waals surface area contributed by atoms with Gasteiger partial charge in [0.15, 0.2) is 17.2 Å². The summed E-state index contributed by atoms with van der Waals surface area (Å²) in [5.74, 6) is -0.145. The number of rotatable bonds is 2. The van der Waals surface area contributed by atoms with Gasteiger partial charge < -0.3 is 15.0 Å². The number of hydrogen-bond acceptors (Lipinski definition) is 4. The molecule has 3 heterocycles. The number of nitrogens with zero attached hydrogens (tertiary/aromatic N) is 4. The minimum Gasteiger partial charge on any atom is -0.369 e. The summed E-state index contributed by atoms with van der Waals surface area (Å²) in [6.07, 6.45) is 0.427. The molecule has 9 heteroatoms. The van der Waals surface area contributed by atoms with Crippen LogP contribution >= 0.6 is 0 Å². The van der Waals surface area contributed by atoms with Gasteiger partial charge in [-0.05, 0) is 12.8 Å². The van der Waals surface area contributed by atoms with E-state index in [4.69, 9.17) is 5.73 Å². The highest BCUT2D eigenvalue weighted by atomic mass is 19.4. The molecule has 0 radical (unpaired) electrons. The summed E-state index contributed by atoms with van der Waals surface area (Å²) < 4.78 is 39.6. The molecule has 3 rings (SSSR count). The molecule has 2 aromatic heterocycles. The second-order valence-electron chi connectivity index (χ2n) is 5.27. The van der Waals surface area contributed by atoms with Gasteiger partial charge in [-0.3, -0.25) is 4.79 Å². The molecule has 0 aromatic carbocycles. The fraction of sp³-hybridized carbons (Fsp3) is 0.462. The number of carbonyl (C=O) groups is 1. The Bertz CT molecular complexity index is 703. The van der Waals surface area contributed by atoms with Crippen molar-refractivity contribution in [3.63, 3.8) is 0 Å². The zero-order valence-electron chi connectivity index (χ0n) is 11.5. The Hall–Kier alpha value is -2.32. The molecule has 1 aliphatic heterocycles. The lowest BCUT2D eigenvalue weighted by Crippen LogP contribution is -2.39. The van der Waals surface area contributed by atoms with Crippen LogP contribution in [0, 0.1) is 5.92 Å². The van der Waals surface area contributed by atoms with Crippen LogP contribution in [0.3, 0.4) is 0 Å². The normalized spacial score (nSPS) is 17.1. The summed E-state index contributed by atoms with van der Waals surface area (Å²) >= 11 is 0. The third-order valence-corrected chi connectivity index (χ3v) is 3.84. The van der Waals surface area contributed by atoms with Gasteiger partial charge in [-0.2, -0.15) is 13.2 Å². The summed E-state index contributed by atoms with van der Waals surface area (Å²) in [5, 5.41) is 0. The summed E-state index contributed by atoms with van der Waals surface area (Å²) in [5.41, 5.74) is 4.49. The van der Waals surface area contributed by atoms with Crippen molar-refractivity contribution in [1.82, 2.24) is 14.4 Å². The molecule has 1 saturated heterocycles. The zero-order valence-corrected chi connectivity index (χ0v) is 11.5. The number of alkyl halides is 3. The van der Waals surface area contributed by atoms with Gasteiger partial charge in [-0.25, -0.2) is 9.97 Å². The largest absolute Gasteiger partial charge is 0.434 e. The van der Waals surface area contributed by atoms with Crippen molar-refractivity contribution < 1.29 is 18.0 Å². The first-order valence-corrected chi connectivity index (χ1v) is 6.81. The lowest BCUT2D eigenvalue weighted by molar-refractivity contribution is -0.140. The molecule has 118 valence electrons. The Balaban J connectivity index is 1.91. The lowest BCUT2D eigenvalue weighted by atomic mass is 9.96. The van der Waals surface area contributed by atoms with E-state index in [0.717, 1.165) is 6.20 Å². The molecule has 2 N–H and O–H groups in total. The van der Waals surface area contributed by atoms with Gasteiger partial charge in [0, 0.05) is 37.6 Å². The summed E-state index contributed by atoms with van der Waals surface area (Å²) in [6.45, 7) is 1.02. The van der Waals surface area contributed by atoms with Gasteiger partial charge in [0.25, 0.3) is 0 Å². The minimum absolute atomic E-state index is 0.160. The second-order valence-corrected chi connectivity index (χ2v) is 5.27. The van der Waals surface area contributed by atoms with Crippen LogP contribution in [-0.4, -0.2) is 33.4 Å². The lowest BCUT2D eigenvalue weighted by Gasteiger charge is -2.31. The Morgan fingerprint density at radius 3 is 2.59 bits per heavy atom. The van der Waals surface area contributed by atoms with E-state index >= 15 is 0 Å². The third-order valence-electron chi connectivity index (χ3n) is 3.84. The Kier molecular flexibility index (Phi) is 3.42. The molecule has 0 aliphatic carbocycles. The molecule has 1 aliphatic rings. The number of imidazole rings is 1. The third kappa shape index (κ3) is 2.58. The smallest absolute Gasteiger partial charge is 0.369 e. The fourth-order valence-electron chi connectivity index (χ4n) is 2.64. The van der Waals surface area contributed by atoms with E-state index in [1.165, 1.54) is 16.8 Å². The second kappa shape index (κ2) is 5.15. The minimum atomic E-state index is -4.50. The van der Waals surface area contributed by atoms with E-state index in [9.17, 15) is 18.0 Å². The van der Waals surface area contributed by atoms with Crippen molar-refractivity contribution in [3.05, 3.63) is 24.3 Å². The quantitative estimate of drug-likeness (QED) is 0.910. The highest BCUT2D eigenvalue weighted by Crippen LogP contribution is 2.31. The molecule has 6 nitrogen and oxygen atoms in total. The van der Waals surface area contributed by atoms with Gasteiger partial charge in [0.2, 0.25) is 5.91 Å². The van der Waals surface area contributed by atoms with Crippen molar-refractivity contribution >= 4 is 17.4 Å². The number of primary amides is 1. The molecular weight excluding hydrogens is 299 g/mol. The molecular formula is C13H14F3N5O. The van der Waals surface area contributed by atoms with Gasteiger partial charge in [-0.15, -0.1) is 0 Å². The molecule has 2 aromatic rings. The first-order valence-electron chi connectivity index (χ1n) is 6.81. The molecule has 22 heavy (non-hydrogen) atoms. The topological polar surface area (TPSA) is 76.5 Å². The number of carbonyl (C=O) groups excluding carboxylic acids is 1. The highest BCUT2D eigenvalue weighted by Gasteiger charge is 2.35. The van der Waals surface area contributed by atoms with E-state index in [2.05, 4.69) is 9.97 Å². The average Bonchev–Trinajstić information content (AvgIpc) is 2.91. The number of fused-ring (bicyclic) bond motifs is 1. The first kappa shape index (κ1) is 14.6. The Labute approximate surface area is 123 Å². The van der Waals surface area contributed by atoms with Crippen molar-refractivity contribution in [2.24, 2.45) is 11.7 Å². The maximum atomic E-state index is 12.8. The van der Waals surface area contributed by atoms with Crippen LogP contribution < -0.4 is 10.6 Å². The predicted octanol–water partition coefficient (Wildman–Crippen LogP) is 1.45. The number of amides is 1. The van der Waals surface area contributed by atoms with Crippen LogP contribution in [0.5, 0.6) is 0 Å². The number of aromatic nitrogens is 3. The molecule has 0 bridgehead atoms. The van der Waals surface area contributed by atoms with E-state index in [1.54, 1.807) is 0 Å². The van der Waals surface area contributed by atoms with E-state index in [-0.39, 0.29) is 17.5 Å². The molecule has 0 saturated carbocycles. The van der Waals surface area contributed by atoms with Crippen LogP contribution in [0.1, 0.15) is 18.5 Å². The van der Waals surface area contributed by atoms with Crippen LogP contribution in [-0.2, 0) is 11.0 Å². The fourth-order valence-corrected chi connectivity index (χ4v) is 2.64. The number of nitrogens with two attached hydrogens (primary N) is 1. The number of piperidine rings is 1. The van der Waals surface area contributed by atoms with Crippen LogP contribution in [0.4, 0.5) is 19.0 Å². The van der Waals surface area contributed by atoms with Crippen LogP contribution in [0.25, 0.3) is 5.65 Å². The average molecular weight is 313 g/mol. The number of anilines is 1. The van der Waals surface area contributed by atoms with Crippen molar-refractivity contribution in [3.8, 4) is 0 Å². The Morgan fingerprint density at radius 2 is 2.00 bits per heavy atom. The molecule has 0 spiro atoms. The maximum Gasteiger partial charge on any atom is 0.434 e. The highest BCUT2D eigenvalue weighted by molar-refractivity contribution is 5.77. The molecule has 0 unspecified atom stereocenters. The van der Waals surface area contributed by atoms with Crippen LogP contribution in [0.15, 0.2) is 18.6 Å². The SMILES string of the molecule is NC(=O)C1CCN(c2nccn3cc(C(F)(F)F)nc23)CC1. The van der Waals surface area contributed by atoms with Gasteiger partial charge in [0.1, 0.15) is 0 Å². The van der Waals surface area contributed by atoms with Gasteiger partial charge >= 0.3 is 6.18 Å². The van der Waals surface area contributed by atoms with Crippen molar-refractivity contribution in [2.75, 3.05) is 18.0 Å². The molecule has 0 atom stereocenters.